The van der Waals surface area contributed by atoms with Crippen molar-refractivity contribution in [1.29, 1.82) is 0 Å². The average Bonchev–Trinajstić information content (AvgIpc) is 3.19. The van der Waals surface area contributed by atoms with Crippen molar-refractivity contribution in [3.05, 3.63) is 78.4 Å². The molecule has 6 heteroatoms. The molecule has 1 N–H and O–H groups in total. The monoisotopic (exact) mass is 353 g/mol. The van der Waals surface area contributed by atoms with Crippen LogP contribution in [-0.2, 0) is 11.3 Å². The van der Waals surface area contributed by atoms with E-state index >= 15 is 0 Å². The summed E-state index contributed by atoms with van der Waals surface area (Å²) in [5.41, 5.74) is 1.99. The first kappa shape index (κ1) is 17.7. The summed E-state index contributed by atoms with van der Waals surface area (Å²) in [6.07, 6.45) is 4.54. The van der Waals surface area contributed by atoms with Gasteiger partial charge in [0.05, 0.1) is 12.3 Å². The number of ether oxygens (including phenoxy) is 1. The number of carbonyl (C=O) groups excluding carboxylic acids is 1. The predicted molar refractivity (Wildman–Crippen MR) is 96.5 cm³/mol. The third-order valence-electron chi connectivity index (χ3n) is 3.81. The maximum Gasteiger partial charge on any atom is 0.220 e. The Kier molecular flexibility index (Phi) is 5.98. The van der Waals surface area contributed by atoms with Gasteiger partial charge in [-0.15, -0.1) is 0 Å². The summed E-state index contributed by atoms with van der Waals surface area (Å²) >= 11 is 0. The highest BCUT2D eigenvalue weighted by atomic mass is 19.1. The Morgan fingerprint density at radius 1 is 1.15 bits per heavy atom. The number of nitrogens with one attached hydrogen (secondary N) is 1. The van der Waals surface area contributed by atoms with Gasteiger partial charge in [-0.25, -0.2) is 9.07 Å². The first-order valence-corrected chi connectivity index (χ1v) is 8.45. The first-order chi connectivity index (χ1) is 12.7. The summed E-state index contributed by atoms with van der Waals surface area (Å²) in [6, 6.07) is 15.7. The van der Waals surface area contributed by atoms with Crippen LogP contribution in [-0.4, -0.2) is 22.3 Å². The average molecular weight is 353 g/mol. The number of nitrogens with zero attached hydrogens (tertiary/aromatic N) is 2. The van der Waals surface area contributed by atoms with Gasteiger partial charge in [-0.05, 0) is 42.3 Å². The van der Waals surface area contributed by atoms with Gasteiger partial charge < -0.3 is 10.1 Å². The van der Waals surface area contributed by atoms with Gasteiger partial charge in [0.25, 0.3) is 0 Å². The van der Waals surface area contributed by atoms with Crippen LogP contribution >= 0.6 is 0 Å². The van der Waals surface area contributed by atoms with Crippen LogP contribution in [0.15, 0.2) is 67.0 Å². The third-order valence-corrected chi connectivity index (χ3v) is 3.81. The van der Waals surface area contributed by atoms with E-state index in [-0.39, 0.29) is 11.7 Å². The summed E-state index contributed by atoms with van der Waals surface area (Å²) in [4.78, 5) is 11.9. The number of amides is 1. The van der Waals surface area contributed by atoms with E-state index in [2.05, 4.69) is 10.4 Å². The predicted octanol–water partition coefficient (Wildman–Crippen LogP) is 3.49. The SMILES string of the molecule is O=C(CCCOc1cccc(F)c1)NCc1ccc(-n2cccn2)cc1. The molecule has 0 fully saturated rings. The van der Waals surface area contributed by atoms with Gasteiger partial charge in [0.15, 0.2) is 0 Å². The second kappa shape index (κ2) is 8.80. The van der Waals surface area contributed by atoms with E-state index in [0.29, 0.717) is 31.7 Å². The number of hydrogen-bond donors (Lipinski definition) is 1. The molecule has 3 aromatic rings. The minimum atomic E-state index is -0.334. The number of hydrogen-bond acceptors (Lipinski definition) is 3. The Morgan fingerprint density at radius 3 is 2.73 bits per heavy atom. The molecule has 5 nitrogen and oxygen atoms in total. The minimum Gasteiger partial charge on any atom is -0.493 e. The van der Waals surface area contributed by atoms with Gasteiger partial charge in [-0.2, -0.15) is 5.10 Å². The molecule has 0 atom stereocenters. The van der Waals surface area contributed by atoms with Crippen molar-refractivity contribution < 1.29 is 13.9 Å². The lowest BCUT2D eigenvalue weighted by Gasteiger charge is -2.08. The Morgan fingerprint density at radius 2 is 2.00 bits per heavy atom. The number of carbonyl (C=O) groups is 1. The summed E-state index contributed by atoms with van der Waals surface area (Å²) < 4.78 is 20.2. The van der Waals surface area contributed by atoms with Crippen LogP contribution < -0.4 is 10.1 Å². The molecule has 3 rings (SSSR count). The van der Waals surface area contributed by atoms with Crippen molar-refractivity contribution in [2.75, 3.05) is 6.61 Å². The topological polar surface area (TPSA) is 56.1 Å². The molecule has 1 heterocycles. The van der Waals surface area contributed by atoms with Gasteiger partial charge in [0, 0.05) is 31.4 Å². The van der Waals surface area contributed by atoms with Crippen LogP contribution in [0.25, 0.3) is 5.69 Å². The molecule has 0 saturated heterocycles. The number of rotatable bonds is 8. The third kappa shape index (κ3) is 5.17. The summed E-state index contributed by atoms with van der Waals surface area (Å²) in [5.74, 6) is 0.102. The van der Waals surface area contributed by atoms with Crippen molar-refractivity contribution in [3.8, 4) is 11.4 Å². The molecule has 26 heavy (non-hydrogen) atoms. The molecule has 134 valence electrons. The first-order valence-electron chi connectivity index (χ1n) is 8.45. The molecule has 1 aromatic heterocycles. The van der Waals surface area contributed by atoms with Gasteiger partial charge in [0.2, 0.25) is 5.91 Å². The fraction of sp³-hybridized carbons (Fsp3) is 0.200. The van der Waals surface area contributed by atoms with E-state index in [1.54, 1.807) is 23.0 Å². The highest BCUT2D eigenvalue weighted by molar-refractivity contribution is 5.75. The summed E-state index contributed by atoms with van der Waals surface area (Å²) in [7, 11) is 0. The standard InChI is InChI=1S/C20H20FN3O2/c21-17-4-1-5-19(14-17)26-13-2-6-20(25)22-15-16-7-9-18(10-8-16)24-12-3-11-23-24/h1,3-5,7-12,14H,2,6,13,15H2,(H,22,25). The lowest BCUT2D eigenvalue weighted by Crippen LogP contribution is -2.23. The molecule has 0 aliphatic rings. The quantitative estimate of drug-likeness (QED) is 0.631. The molecular weight excluding hydrogens is 333 g/mol. The Balaban J connectivity index is 1.36. The van der Waals surface area contributed by atoms with E-state index < -0.39 is 0 Å². The summed E-state index contributed by atoms with van der Waals surface area (Å²) in [5, 5.41) is 7.06. The van der Waals surface area contributed by atoms with Crippen LogP contribution in [0, 0.1) is 5.82 Å². The molecule has 0 spiro atoms. The fourth-order valence-electron chi connectivity index (χ4n) is 2.46. The highest BCUT2D eigenvalue weighted by Crippen LogP contribution is 2.12. The fourth-order valence-corrected chi connectivity index (χ4v) is 2.46. The Hall–Kier alpha value is -3.15. The summed E-state index contributed by atoms with van der Waals surface area (Å²) in [6.45, 7) is 0.846. The van der Waals surface area contributed by atoms with Crippen molar-refractivity contribution in [1.82, 2.24) is 15.1 Å². The molecule has 1 amide bonds. The minimum absolute atomic E-state index is 0.0380. The van der Waals surface area contributed by atoms with Crippen molar-refractivity contribution in [2.24, 2.45) is 0 Å². The van der Waals surface area contributed by atoms with Crippen LogP contribution in [0.3, 0.4) is 0 Å². The van der Waals surface area contributed by atoms with E-state index in [9.17, 15) is 9.18 Å². The van der Waals surface area contributed by atoms with Gasteiger partial charge in [0.1, 0.15) is 11.6 Å². The largest absolute Gasteiger partial charge is 0.493 e. The van der Waals surface area contributed by atoms with E-state index in [1.165, 1.54) is 12.1 Å². The zero-order valence-electron chi connectivity index (χ0n) is 14.3. The molecular formula is C20H20FN3O2. The molecule has 0 aliphatic carbocycles. The molecule has 0 radical (unpaired) electrons. The molecule has 0 aliphatic heterocycles. The van der Waals surface area contributed by atoms with Gasteiger partial charge >= 0.3 is 0 Å². The zero-order chi connectivity index (χ0) is 18.2. The van der Waals surface area contributed by atoms with Crippen LogP contribution in [0.4, 0.5) is 4.39 Å². The molecule has 2 aromatic carbocycles. The zero-order valence-corrected chi connectivity index (χ0v) is 14.3. The van der Waals surface area contributed by atoms with Crippen LogP contribution in [0.1, 0.15) is 18.4 Å². The van der Waals surface area contributed by atoms with E-state index in [0.717, 1.165) is 11.3 Å². The van der Waals surface area contributed by atoms with E-state index in [4.69, 9.17) is 4.74 Å². The van der Waals surface area contributed by atoms with Crippen LogP contribution in [0.5, 0.6) is 5.75 Å². The lowest BCUT2D eigenvalue weighted by molar-refractivity contribution is -0.121. The number of halogens is 1. The maximum atomic E-state index is 13.0. The van der Waals surface area contributed by atoms with Crippen LogP contribution in [0.2, 0.25) is 0 Å². The van der Waals surface area contributed by atoms with Gasteiger partial charge in [-0.3, -0.25) is 4.79 Å². The second-order valence-corrected chi connectivity index (χ2v) is 5.80. The van der Waals surface area contributed by atoms with Crippen molar-refractivity contribution in [2.45, 2.75) is 19.4 Å². The molecule has 0 saturated carbocycles. The van der Waals surface area contributed by atoms with E-state index in [1.807, 2.05) is 36.5 Å². The van der Waals surface area contributed by atoms with Crippen molar-refractivity contribution >= 4 is 5.91 Å². The van der Waals surface area contributed by atoms with Crippen molar-refractivity contribution in [3.63, 3.8) is 0 Å². The highest BCUT2D eigenvalue weighted by Gasteiger charge is 2.03. The number of benzene rings is 2. The molecule has 0 unspecified atom stereocenters. The Labute approximate surface area is 151 Å². The molecule has 0 bridgehead atoms. The Bertz CT molecular complexity index is 833. The second-order valence-electron chi connectivity index (χ2n) is 5.80. The lowest BCUT2D eigenvalue weighted by atomic mass is 10.2. The van der Waals surface area contributed by atoms with Gasteiger partial charge in [-0.1, -0.05) is 18.2 Å². The maximum absolute atomic E-state index is 13.0. The smallest absolute Gasteiger partial charge is 0.220 e. The number of aromatic nitrogens is 2. The normalized spacial score (nSPS) is 10.5.